The number of benzene rings is 2. The van der Waals surface area contributed by atoms with Crippen LogP contribution in [0.25, 0.3) is 10.8 Å². The number of aliphatic hydroxyl groups is 1. The standard InChI is InChI=1S/C22H24ClN3O.C3H6O3/c1-25-13-4-5-18(12-14-25)26-22(27)20-7-3-2-6-19(20)21(24-26)15-16-8-10-17(23)11-9-16;1-2(4)3(5)6/h2-3,6-11,18H,4-5,12-15H2,1H3;2,4H,1H3,(H,5,6)/t18-;/m0./s1. The molecule has 2 atom stereocenters. The number of halogens is 1. The van der Waals surface area contributed by atoms with Crippen molar-refractivity contribution in [2.45, 2.75) is 44.8 Å². The predicted molar refractivity (Wildman–Crippen MR) is 130 cm³/mol. The highest BCUT2D eigenvalue weighted by atomic mass is 35.5. The zero-order chi connectivity index (χ0) is 24.0. The summed E-state index contributed by atoms with van der Waals surface area (Å²) >= 11 is 6.02. The van der Waals surface area contributed by atoms with Gasteiger partial charge in [-0.2, -0.15) is 5.10 Å². The van der Waals surface area contributed by atoms with Gasteiger partial charge in [-0.25, -0.2) is 9.48 Å². The first kappa shape index (κ1) is 24.9. The van der Waals surface area contributed by atoms with E-state index < -0.39 is 12.1 Å². The minimum absolute atomic E-state index is 0.0278. The van der Waals surface area contributed by atoms with E-state index in [1.807, 2.05) is 48.5 Å². The normalized spacial score (nSPS) is 17.6. The molecule has 0 amide bonds. The monoisotopic (exact) mass is 471 g/mol. The molecule has 1 aliphatic rings. The number of fused-ring (bicyclic) bond motifs is 1. The molecule has 8 heteroatoms. The molecular formula is C25H30ClN3O4. The molecule has 0 saturated carbocycles. The van der Waals surface area contributed by atoms with E-state index in [1.54, 1.807) is 4.68 Å². The molecular weight excluding hydrogens is 442 g/mol. The fraction of sp³-hybridized carbons (Fsp3) is 0.400. The van der Waals surface area contributed by atoms with Crippen molar-refractivity contribution in [2.24, 2.45) is 0 Å². The molecule has 2 N–H and O–H groups in total. The Hall–Kier alpha value is -2.74. The zero-order valence-electron chi connectivity index (χ0n) is 18.9. The van der Waals surface area contributed by atoms with Gasteiger partial charge >= 0.3 is 5.97 Å². The number of carboxylic acids is 1. The molecule has 4 rings (SSSR count). The average molecular weight is 472 g/mol. The first-order chi connectivity index (χ1) is 15.8. The Morgan fingerprint density at radius 1 is 1.12 bits per heavy atom. The molecule has 0 spiro atoms. The van der Waals surface area contributed by atoms with Gasteiger partial charge in [-0.05, 0) is 70.1 Å². The maximum Gasteiger partial charge on any atom is 0.332 e. The van der Waals surface area contributed by atoms with Gasteiger partial charge < -0.3 is 15.1 Å². The van der Waals surface area contributed by atoms with Crippen molar-refractivity contribution in [3.63, 3.8) is 0 Å². The maximum atomic E-state index is 13.1. The second-order valence-electron chi connectivity index (χ2n) is 8.45. The number of nitrogens with zero attached hydrogens (tertiary/aromatic N) is 3. The van der Waals surface area contributed by atoms with Gasteiger partial charge in [0.05, 0.1) is 17.1 Å². The summed E-state index contributed by atoms with van der Waals surface area (Å²) in [5.41, 5.74) is 2.12. The molecule has 1 fully saturated rings. The Labute approximate surface area is 198 Å². The van der Waals surface area contributed by atoms with E-state index in [9.17, 15) is 9.59 Å². The topological polar surface area (TPSA) is 95.7 Å². The number of hydrogen-bond donors (Lipinski definition) is 2. The van der Waals surface area contributed by atoms with Crippen LogP contribution in [0.1, 0.15) is 43.5 Å². The summed E-state index contributed by atoms with van der Waals surface area (Å²) in [6, 6.07) is 15.8. The molecule has 176 valence electrons. The summed E-state index contributed by atoms with van der Waals surface area (Å²) in [6.07, 6.45) is 2.50. The molecule has 1 aliphatic heterocycles. The maximum absolute atomic E-state index is 13.1. The van der Waals surface area contributed by atoms with Gasteiger partial charge in [0.2, 0.25) is 0 Å². The molecule has 1 aromatic heterocycles. The van der Waals surface area contributed by atoms with Gasteiger partial charge in [0, 0.05) is 16.8 Å². The fourth-order valence-corrected chi connectivity index (χ4v) is 4.04. The van der Waals surface area contributed by atoms with E-state index in [0.29, 0.717) is 6.42 Å². The van der Waals surface area contributed by atoms with Crippen LogP contribution in [0.3, 0.4) is 0 Å². The molecule has 1 unspecified atom stereocenters. The first-order valence-electron chi connectivity index (χ1n) is 11.1. The van der Waals surface area contributed by atoms with Crippen LogP contribution in [0.4, 0.5) is 0 Å². The lowest BCUT2D eigenvalue weighted by molar-refractivity contribution is -0.145. The number of carboxylic acid groups (broad SMARTS) is 1. The van der Waals surface area contributed by atoms with Crippen LogP contribution in [0.5, 0.6) is 0 Å². The van der Waals surface area contributed by atoms with Gasteiger partial charge in [-0.3, -0.25) is 4.79 Å². The molecule has 3 aromatic rings. The van der Waals surface area contributed by atoms with Gasteiger partial charge in [-0.1, -0.05) is 41.9 Å². The lowest BCUT2D eigenvalue weighted by Crippen LogP contribution is -2.29. The number of hydrogen-bond acceptors (Lipinski definition) is 5. The van der Waals surface area contributed by atoms with E-state index >= 15 is 0 Å². The molecule has 2 heterocycles. The Morgan fingerprint density at radius 2 is 1.76 bits per heavy atom. The van der Waals surface area contributed by atoms with Crippen LogP contribution in [0.2, 0.25) is 5.02 Å². The SMILES string of the molecule is CC(O)C(=O)O.CN1CCC[C@H](n2nc(Cc3ccc(Cl)cc3)c3ccccc3c2=O)CC1. The van der Waals surface area contributed by atoms with Crippen LogP contribution in [-0.2, 0) is 11.2 Å². The highest BCUT2D eigenvalue weighted by Gasteiger charge is 2.21. The second-order valence-corrected chi connectivity index (χ2v) is 8.88. The van der Waals surface area contributed by atoms with Crippen molar-refractivity contribution in [2.75, 3.05) is 20.1 Å². The van der Waals surface area contributed by atoms with Gasteiger partial charge in [0.25, 0.3) is 5.56 Å². The lowest BCUT2D eigenvalue weighted by atomic mass is 10.0. The number of carbonyl (C=O) groups is 1. The summed E-state index contributed by atoms with van der Waals surface area (Å²) < 4.78 is 1.76. The molecule has 0 bridgehead atoms. The minimum Gasteiger partial charge on any atom is -0.479 e. The van der Waals surface area contributed by atoms with Crippen LogP contribution in [0, 0.1) is 0 Å². The average Bonchev–Trinajstić information content (AvgIpc) is 3.02. The molecule has 7 nitrogen and oxygen atoms in total. The van der Waals surface area contributed by atoms with Crippen molar-refractivity contribution in [3.05, 3.63) is 75.2 Å². The Kier molecular flexibility index (Phi) is 8.61. The Balaban J connectivity index is 0.000000454. The summed E-state index contributed by atoms with van der Waals surface area (Å²) in [7, 11) is 2.14. The fourth-order valence-electron chi connectivity index (χ4n) is 3.91. The molecule has 0 aliphatic carbocycles. The predicted octanol–water partition coefficient (Wildman–Crippen LogP) is 3.75. The third kappa shape index (κ3) is 6.63. The minimum atomic E-state index is -1.23. The second kappa shape index (κ2) is 11.4. The molecule has 33 heavy (non-hydrogen) atoms. The van der Waals surface area contributed by atoms with Crippen molar-refractivity contribution in [1.82, 2.24) is 14.7 Å². The van der Waals surface area contributed by atoms with E-state index in [4.69, 9.17) is 26.9 Å². The van der Waals surface area contributed by atoms with Gasteiger partial charge in [-0.15, -0.1) is 0 Å². The number of aromatic nitrogens is 2. The third-order valence-electron chi connectivity index (χ3n) is 5.81. The quantitative estimate of drug-likeness (QED) is 0.601. The van der Waals surface area contributed by atoms with Crippen molar-refractivity contribution < 1.29 is 15.0 Å². The summed E-state index contributed by atoms with van der Waals surface area (Å²) in [4.78, 5) is 24.9. The summed E-state index contributed by atoms with van der Waals surface area (Å²) in [6.45, 7) is 3.27. The Morgan fingerprint density at radius 3 is 2.39 bits per heavy atom. The molecule has 2 aromatic carbocycles. The van der Waals surface area contributed by atoms with Gasteiger partial charge in [0.15, 0.2) is 0 Å². The first-order valence-corrected chi connectivity index (χ1v) is 11.5. The highest BCUT2D eigenvalue weighted by molar-refractivity contribution is 6.30. The molecule has 1 saturated heterocycles. The van der Waals surface area contributed by atoms with E-state index in [0.717, 1.165) is 59.4 Å². The lowest BCUT2D eigenvalue weighted by Gasteiger charge is -2.19. The summed E-state index contributed by atoms with van der Waals surface area (Å²) in [5, 5.41) is 23.1. The van der Waals surface area contributed by atoms with Crippen molar-refractivity contribution >= 4 is 28.3 Å². The molecule has 0 radical (unpaired) electrons. The van der Waals surface area contributed by atoms with E-state index in [-0.39, 0.29) is 11.6 Å². The van der Waals surface area contributed by atoms with Crippen LogP contribution >= 0.6 is 11.6 Å². The van der Waals surface area contributed by atoms with Crippen LogP contribution in [0.15, 0.2) is 53.3 Å². The van der Waals surface area contributed by atoms with E-state index in [2.05, 4.69) is 11.9 Å². The Bertz CT molecular complexity index is 1140. The van der Waals surface area contributed by atoms with Crippen molar-refractivity contribution in [3.8, 4) is 0 Å². The number of rotatable bonds is 4. The van der Waals surface area contributed by atoms with Crippen molar-refractivity contribution in [1.29, 1.82) is 0 Å². The highest BCUT2D eigenvalue weighted by Crippen LogP contribution is 2.23. The number of aliphatic hydroxyl groups excluding tert-OH is 1. The van der Waals surface area contributed by atoms with Crippen LogP contribution in [-0.4, -0.2) is 57.1 Å². The summed E-state index contributed by atoms with van der Waals surface area (Å²) in [5.74, 6) is -1.19. The third-order valence-corrected chi connectivity index (χ3v) is 6.07. The largest absolute Gasteiger partial charge is 0.479 e. The van der Waals surface area contributed by atoms with Gasteiger partial charge in [0.1, 0.15) is 6.10 Å². The van der Waals surface area contributed by atoms with Crippen LogP contribution < -0.4 is 5.56 Å². The number of likely N-dealkylation sites (tertiary alicyclic amines) is 1. The smallest absolute Gasteiger partial charge is 0.332 e. The zero-order valence-corrected chi connectivity index (χ0v) is 19.7. The number of aliphatic carboxylic acids is 1. The van der Waals surface area contributed by atoms with E-state index in [1.165, 1.54) is 6.92 Å².